The molecule has 3 aromatic rings. The third kappa shape index (κ3) is 2.65. The van der Waals surface area contributed by atoms with Crippen LogP contribution in [0.2, 0.25) is 0 Å². The van der Waals surface area contributed by atoms with Crippen LogP contribution in [0.5, 0.6) is 5.75 Å². The molecule has 0 atom stereocenters. The number of benzene rings is 3. The Bertz CT molecular complexity index is 807. The fourth-order valence-electron chi connectivity index (χ4n) is 2.36. The van der Waals surface area contributed by atoms with E-state index in [-0.39, 0.29) is 5.78 Å². The first-order valence-electron chi connectivity index (χ1n) is 6.56. The van der Waals surface area contributed by atoms with Gasteiger partial charge in [0.2, 0.25) is 0 Å². The molecule has 21 heavy (non-hydrogen) atoms. The Hall–Kier alpha value is -1.88. The second kappa shape index (κ2) is 5.85. The Labute approximate surface area is 136 Å². The summed E-state index contributed by atoms with van der Waals surface area (Å²) in [7, 11) is 1.62. The lowest BCUT2D eigenvalue weighted by atomic mass is 9.97. The van der Waals surface area contributed by atoms with Crippen molar-refractivity contribution < 1.29 is 9.53 Å². The highest BCUT2D eigenvalue weighted by molar-refractivity contribution is 14.1. The smallest absolute Gasteiger partial charge is 0.194 e. The number of methoxy groups -OCH3 is 1. The number of carbonyl (C=O) groups excluding carboxylic acids is 1. The largest absolute Gasteiger partial charge is 0.497 e. The lowest BCUT2D eigenvalue weighted by Crippen LogP contribution is -2.04. The molecule has 0 amide bonds. The van der Waals surface area contributed by atoms with E-state index in [2.05, 4.69) is 22.6 Å². The minimum absolute atomic E-state index is 0.0406. The number of fused-ring (bicyclic) bond motifs is 1. The summed E-state index contributed by atoms with van der Waals surface area (Å²) in [4.78, 5) is 12.8. The molecule has 0 aliphatic carbocycles. The number of rotatable bonds is 3. The molecule has 3 aromatic carbocycles. The van der Waals surface area contributed by atoms with Crippen LogP contribution >= 0.6 is 22.6 Å². The van der Waals surface area contributed by atoms with E-state index in [1.54, 1.807) is 19.2 Å². The first-order valence-corrected chi connectivity index (χ1v) is 7.64. The molecule has 0 unspecified atom stereocenters. The van der Waals surface area contributed by atoms with Crippen LogP contribution in [0.1, 0.15) is 15.9 Å². The van der Waals surface area contributed by atoms with Crippen LogP contribution in [0.25, 0.3) is 10.8 Å². The molecular formula is C18H13IO2. The highest BCUT2D eigenvalue weighted by atomic mass is 127. The van der Waals surface area contributed by atoms with Gasteiger partial charge in [0.05, 0.1) is 7.11 Å². The van der Waals surface area contributed by atoms with Crippen molar-refractivity contribution in [3.63, 3.8) is 0 Å². The highest BCUT2D eigenvalue weighted by Gasteiger charge is 2.16. The van der Waals surface area contributed by atoms with Crippen LogP contribution in [-0.4, -0.2) is 12.9 Å². The molecular weight excluding hydrogens is 375 g/mol. The number of ketones is 1. The number of hydrogen-bond donors (Lipinski definition) is 0. The zero-order valence-corrected chi connectivity index (χ0v) is 13.6. The van der Waals surface area contributed by atoms with Crippen molar-refractivity contribution >= 4 is 39.1 Å². The molecule has 0 saturated heterocycles. The topological polar surface area (TPSA) is 26.3 Å². The van der Waals surface area contributed by atoms with E-state index in [1.807, 2.05) is 48.5 Å². The summed E-state index contributed by atoms with van der Waals surface area (Å²) in [5, 5.41) is 2.07. The van der Waals surface area contributed by atoms with Crippen molar-refractivity contribution in [3.8, 4) is 5.75 Å². The maximum atomic E-state index is 12.8. The van der Waals surface area contributed by atoms with Crippen molar-refractivity contribution in [1.82, 2.24) is 0 Å². The normalized spacial score (nSPS) is 10.6. The van der Waals surface area contributed by atoms with Gasteiger partial charge < -0.3 is 4.74 Å². The number of ether oxygens (including phenoxy) is 1. The van der Waals surface area contributed by atoms with Gasteiger partial charge in [0.25, 0.3) is 0 Å². The molecule has 0 heterocycles. The molecule has 3 rings (SSSR count). The van der Waals surface area contributed by atoms with Gasteiger partial charge in [0.15, 0.2) is 5.78 Å². The van der Waals surface area contributed by atoms with Gasteiger partial charge in [-0.15, -0.1) is 0 Å². The molecule has 0 saturated carbocycles. The van der Waals surface area contributed by atoms with Crippen molar-refractivity contribution in [2.24, 2.45) is 0 Å². The second-order valence-electron chi connectivity index (χ2n) is 4.70. The van der Waals surface area contributed by atoms with E-state index in [0.717, 1.165) is 25.7 Å². The summed E-state index contributed by atoms with van der Waals surface area (Å²) >= 11 is 2.22. The predicted molar refractivity (Wildman–Crippen MR) is 93.1 cm³/mol. The first kappa shape index (κ1) is 14.1. The summed E-state index contributed by atoms with van der Waals surface area (Å²) in [6.07, 6.45) is 0. The maximum absolute atomic E-state index is 12.8. The van der Waals surface area contributed by atoms with Crippen molar-refractivity contribution in [2.75, 3.05) is 7.11 Å². The van der Waals surface area contributed by atoms with Crippen LogP contribution < -0.4 is 4.74 Å². The van der Waals surface area contributed by atoms with Crippen LogP contribution in [0, 0.1) is 3.57 Å². The molecule has 0 aliphatic rings. The molecule has 0 aromatic heterocycles. The Morgan fingerprint density at radius 3 is 2.38 bits per heavy atom. The van der Waals surface area contributed by atoms with E-state index >= 15 is 0 Å². The van der Waals surface area contributed by atoms with Crippen LogP contribution in [0.15, 0.2) is 60.7 Å². The van der Waals surface area contributed by atoms with E-state index in [9.17, 15) is 4.79 Å². The SMILES string of the molecule is COc1ccc(C(=O)c2c(I)ccc3ccccc23)cc1. The molecule has 0 spiro atoms. The van der Waals surface area contributed by atoms with Gasteiger partial charge in [0, 0.05) is 14.7 Å². The summed E-state index contributed by atoms with van der Waals surface area (Å²) in [6.45, 7) is 0. The maximum Gasteiger partial charge on any atom is 0.194 e. The predicted octanol–water partition coefficient (Wildman–Crippen LogP) is 4.68. The average Bonchev–Trinajstić information content (AvgIpc) is 2.54. The standard InChI is InChI=1S/C18H13IO2/c1-21-14-9-6-13(7-10-14)18(20)17-15-5-3-2-4-12(15)8-11-16(17)19/h2-11H,1H3. The quantitative estimate of drug-likeness (QED) is 0.481. The molecule has 3 heteroatoms. The van der Waals surface area contributed by atoms with Crippen LogP contribution in [0.3, 0.4) is 0 Å². The van der Waals surface area contributed by atoms with E-state index in [1.165, 1.54) is 0 Å². The third-order valence-electron chi connectivity index (χ3n) is 3.46. The van der Waals surface area contributed by atoms with Crippen molar-refractivity contribution in [3.05, 3.63) is 75.4 Å². The van der Waals surface area contributed by atoms with Gasteiger partial charge >= 0.3 is 0 Å². The molecule has 0 fully saturated rings. The summed E-state index contributed by atoms with van der Waals surface area (Å²) in [6, 6.07) is 19.2. The molecule has 104 valence electrons. The lowest BCUT2D eigenvalue weighted by molar-refractivity contribution is 0.103. The number of halogens is 1. The van der Waals surface area contributed by atoms with Gasteiger partial charge in [-0.1, -0.05) is 30.3 Å². The van der Waals surface area contributed by atoms with Gasteiger partial charge in [-0.05, 0) is 63.7 Å². The lowest BCUT2D eigenvalue weighted by Gasteiger charge is -2.09. The second-order valence-corrected chi connectivity index (χ2v) is 5.86. The summed E-state index contributed by atoms with van der Waals surface area (Å²) in [5.41, 5.74) is 1.43. The molecule has 0 N–H and O–H groups in total. The zero-order chi connectivity index (χ0) is 14.8. The first-order chi connectivity index (χ1) is 10.2. The Morgan fingerprint density at radius 1 is 0.952 bits per heavy atom. The summed E-state index contributed by atoms with van der Waals surface area (Å²) < 4.78 is 6.10. The minimum atomic E-state index is 0.0406. The fourth-order valence-corrected chi connectivity index (χ4v) is 3.08. The van der Waals surface area contributed by atoms with Crippen LogP contribution in [-0.2, 0) is 0 Å². The monoisotopic (exact) mass is 388 g/mol. The van der Waals surface area contributed by atoms with E-state index in [0.29, 0.717) is 5.56 Å². The van der Waals surface area contributed by atoms with E-state index in [4.69, 9.17) is 4.74 Å². The highest BCUT2D eigenvalue weighted by Crippen LogP contribution is 2.26. The van der Waals surface area contributed by atoms with E-state index < -0.39 is 0 Å². The fraction of sp³-hybridized carbons (Fsp3) is 0.0556. The zero-order valence-electron chi connectivity index (χ0n) is 11.5. The minimum Gasteiger partial charge on any atom is -0.497 e. The van der Waals surface area contributed by atoms with Gasteiger partial charge in [-0.2, -0.15) is 0 Å². The Kier molecular flexibility index (Phi) is 3.92. The van der Waals surface area contributed by atoms with Gasteiger partial charge in [-0.3, -0.25) is 4.79 Å². The molecule has 0 radical (unpaired) electrons. The third-order valence-corrected chi connectivity index (χ3v) is 4.36. The number of carbonyl (C=O) groups is 1. The Balaban J connectivity index is 2.14. The molecule has 0 aliphatic heterocycles. The van der Waals surface area contributed by atoms with Crippen molar-refractivity contribution in [2.45, 2.75) is 0 Å². The van der Waals surface area contributed by atoms with Gasteiger partial charge in [-0.25, -0.2) is 0 Å². The molecule has 2 nitrogen and oxygen atoms in total. The van der Waals surface area contributed by atoms with Crippen molar-refractivity contribution in [1.29, 1.82) is 0 Å². The van der Waals surface area contributed by atoms with Crippen LogP contribution in [0.4, 0.5) is 0 Å². The summed E-state index contributed by atoms with van der Waals surface area (Å²) in [5.74, 6) is 0.790. The van der Waals surface area contributed by atoms with Gasteiger partial charge in [0.1, 0.15) is 5.75 Å². The Morgan fingerprint density at radius 2 is 1.67 bits per heavy atom. The number of hydrogen-bond acceptors (Lipinski definition) is 2. The average molecular weight is 388 g/mol. The molecule has 0 bridgehead atoms.